The summed E-state index contributed by atoms with van der Waals surface area (Å²) in [4.78, 5) is 15.0. The molecule has 15 heavy (non-hydrogen) atoms. The molecule has 2 heterocycles. The minimum atomic E-state index is 0.0458. The number of hydrogen-bond acceptors (Lipinski definition) is 1. The van der Waals surface area contributed by atoms with E-state index in [2.05, 4.69) is 39.0 Å². The van der Waals surface area contributed by atoms with Crippen LogP contribution in [0.2, 0.25) is 0 Å². The molecular weight excluding hydrogens is 303 g/mol. The first kappa shape index (κ1) is 9.21. The second kappa shape index (κ2) is 3.23. The fraction of sp³-hybridized carbons (Fsp3) is 0.182. The average Bonchev–Trinajstić information content (AvgIpc) is 2.57. The van der Waals surface area contributed by atoms with E-state index in [1.54, 1.807) is 0 Å². The number of halogens is 1. The number of H-pyrrole nitrogens is 1. The summed E-state index contributed by atoms with van der Waals surface area (Å²) in [5.74, 6) is 0.0458. The highest BCUT2D eigenvalue weighted by Gasteiger charge is 2.21. The number of benzene rings is 1. The van der Waals surface area contributed by atoms with Gasteiger partial charge < -0.3 is 10.3 Å². The molecule has 3 nitrogen and oxygen atoms in total. The zero-order valence-corrected chi connectivity index (χ0v) is 10.1. The molecule has 76 valence electrons. The molecule has 2 N–H and O–H groups in total. The van der Waals surface area contributed by atoms with E-state index >= 15 is 0 Å². The van der Waals surface area contributed by atoms with Gasteiger partial charge in [-0.1, -0.05) is 0 Å². The van der Waals surface area contributed by atoms with Gasteiger partial charge in [0.15, 0.2) is 0 Å². The van der Waals surface area contributed by atoms with E-state index in [-0.39, 0.29) is 5.91 Å². The lowest BCUT2D eigenvalue weighted by molar-refractivity contribution is 0.0947. The topological polar surface area (TPSA) is 44.9 Å². The third-order valence-corrected chi connectivity index (χ3v) is 3.40. The van der Waals surface area contributed by atoms with Gasteiger partial charge in [-0.3, -0.25) is 4.79 Å². The number of amides is 1. The van der Waals surface area contributed by atoms with Crippen molar-refractivity contribution < 1.29 is 4.79 Å². The lowest BCUT2D eigenvalue weighted by Gasteiger charge is -2.11. The van der Waals surface area contributed by atoms with E-state index in [0.717, 1.165) is 38.7 Å². The number of rotatable bonds is 0. The van der Waals surface area contributed by atoms with Crippen LogP contribution in [0.15, 0.2) is 18.2 Å². The van der Waals surface area contributed by atoms with Gasteiger partial charge in [0.2, 0.25) is 0 Å². The number of nitrogens with one attached hydrogen (secondary N) is 2. The number of carbonyl (C=O) groups is 1. The van der Waals surface area contributed by atoms with Crippen molar-refractivity contribution >= 4 is 39.4 Å². The van der Waals surface area contributed by atoms with Crippen LogP contribution in [0.4, 0.5) is 0 Å². The first-order valence-corrected chi connectivity index (χ1v) is 5.92. The van der Waals surface area contributed by atoms with Crippen molar-refractivity contribution in [2.24, 2.45) is 0 Å². The smallest absolute Gasteiger partial charge is 0.253 e. The molecule has 0 atom stereocenters. The van der Waals surface area contributed by atoms with Crippen LogP contribution < -0.4 is 5.32 Å². The Morgan fingerprint density at radius 1 is 1.33 bits per heavy atom. The molecule has 0 unspecified atom stereocenters. The largest absolute Gasteiger partial charge is 0.358 e. The molecule has 0 fully saturated rings. The second-order valence-electron chi connectivity index (χ2n) is 3.67. The number of hydrogen-bond donors (Lipinski definition) is 2. The minimum absolute atomic E-state index is 0.0458. The van der Waals surface area contributed by atoms with Gasteiger partial charge in [0.25, 0.3) is 5.91 Å². The van der Waals surface area contributed by atoms with E-state index in [4.69, 9.17) is 0 Å². The van der Waals surface area contributed by atoms with Crippen LogP contribution in [-0.2, 0) is 6.42 Å². The van der Waals surface area contributed by atoms with Gasteiger partial charge in [0.1, 0.15) is 0 Å². The van der Waals surface area contributed by atoms with E-state index < -0.39 is 0 Å². The van der Waals surface area contributed by atoms with Crippen LogP contribution in [0.3, 0.4) is 0 Å². The molecule has 4 heteroatoms. The quantitative estimate of drug-likeness (QED) is 0.719. The molecule has 1 aromatic carbocycles. The van der Waals surface area contributed by atoms with Crippen molar-refractivity contribution in [1.29, 1.82) is 0 Å². The maximum atomic E-state index is 11.7. The van der Waals surface area contributed by atoms with Crippen LogP contribution in [0, 0.1) is 3.57 Å². The van der Waals surface area contributed by atoms with Gasteiger partial charge in [0, 0.05) is 33.1 Å². The molecule has 0 radical (unpaired) electrons. The van der Waals surface area contributed by atoms with Gasteiger partial charge >= 0.3 is 0 Å². The summed E-state index contributed by atoms with van der Waals surface area (Å²) < 4.78 is 1.15. The highest BCUT2D eigenvalue weighted by atomic mass is 127. The lowest BCUT2D eigenvalue weighted by Crippen LogP contribution is -2.31. The number of carbonyl (C=O) groups excluding carboxylic acids is 1. The summed E-state index contributed by atoms with van der Waals surface area (Å²) in [5.41, 5.74) is 2.95. The Kier molecular flexibility index (Phi) is 1.98. The second-order valence-corrected chi connectivity index (χ2v) is 4.92. The van der Waals surface area contributed by atoms with Gasteiger partial charge in [-0.25, -0.2) is 0 Å². The van der Waals surface area contributed by atoms with Crippen LogP contribution in [0.5, 0.6) is 0 Å². The van der Waals surface area contributed by atoms with E-state index in [9.17, 15) is 4.79 Å². The molecule has 1 amide bonds. The monoisotopic (exact) mass is 312 g/mol. The third kappa shape index (κ3) is 1.35. The highest BCUT2D eigenvalue weighted by molar-refractivity contribution is 14.1. The molecule has 1 aliphatic heterocycles. The summed E-state index contributed by atoms with van der Waals surface area (Å²) in [6.45, 7) is 0.732. The van der Waals surface area contributed by atoms with Crippen LogP contribution in [0.25, 0.3) is 10.9 Å². The number of aromatic nitrogens is 1. The number of fused-ring (bicyclic) bond motifs is 3. The van der Waals surface area contributed by atoms with E-state index in [1.165, 1.54) is 0 Å². The van der Waals surface area contributed by atoms with Crippen LogP contribution >= 0.6 is 22.6 Å². The van der Waals surface area contributed by atoms with Gasteiger partial charge in [-0.05, 0) is 40.8 Å². The van der Waals surface area contributed by atoms with Crippen molar-refractivity contribution in [3.05, 3.63) is 33.0 Å². The molecule has 3 rings (SSSR count). The standard InChI is InChI=1S/C11H9IN2O/c12-6-1-2-8-7(5-6)10-9(14-8)3-4-13-11(10)15/h1-2,5,14H,3-4H2,(H,13,15). The van der Waals surface area contributed by atoms with Crippen molar-refractivity contribution in [2.45, 2.75) is 6.42 Å². The molecule has 0 saturated carbocycles. The van der Waals surface area contributed by atoms with Crippen molar-refractivity contribution in [2.75, 3.05) is 6.54 Å². The van der Waals surface area contributed by atoms with Gasteiger partial charge in [-0.2, -0.15) is 0 Å². The fourth-order valence-corrected chi connectivity index (χ4v) is 2.55. The Labute approximate surface area is 100 Å². The predicted molar refractivity (Wildman–Crippen MR) is 67.1 cm³/mol. The zero-order valence-electron chi connectivity index (χ0n) is 7.93. The van der Waals surface area contributed by atoms with E-state index in [1.807, 2.05) is 12.1 Å². The molecule has 1 aliphatic rings. The predicted octanol–water partition coefficient (Wildman–Crippen LogP) is 2.06. The summed E-state index contributed by atoms with van der Waals surface area (Å²) in [6, 6.07) is 6.13. The lowest BCUT2D eigenvalue weighted by atomic mass is 10.1. The molecular formula is C11H9IN2O. The van der Waals surface area contributed by atoms with Crippen LogP contribution in [0.1, 0.15) is 16.1 Å². The fourth-order valence-electron chi connectivity index (χ4n) is 2.06. The Morgan fingerprint density at radius 3 is 3.07 bits per heavy atom. The van der Waals surface area contributed by atoms with E-state index in [0.29, 0.717) is 0 Å². The Morgan fingerprint density at radius 2 is 2.20 bits per heavy atom. The Hall–Kier alpha value is -1.04. The third-order valence-electron chi connectivity index (χ3n) is 2.73. The van der Waals surface area contributed by atoms with Gasteiger partial charge in [-0.15, -0.1) is 0 Å². The first-order chi connectivity index (χ1) is 7.25. The van der Waals surface area contributed by atoms with Gasteiger partial charge in [0.05, 0.1) is 5.56 Å². The Bertz CT molecular complexity index is 559. The zero-order chi connectivity index (χ0) is 10.4. The average molecular weight is 312 g/mol. The molecule has 0 bridgehead atoms. The highest BCUT2D eigenvalue weighted by Crippen LogP contribution is 2.26. The maximum absolute atomic E-state index is 11.7. The van der Waals surface area contributed by atoms with Crippen molar-refractivity contribution in [3.8, 4) is 0 Å². The summed E-state index contributed by atoms with van der Waals surface area (Å²) >= 11 is 2.26. The normalized spacial score (nSPS) is 15.1. The molecule has 0 aliphatic carbocycles. The van der Waals surface area contributed by atoms with Crippen LogP contribution in [-0.4, -0.2) is 17.4 Å². The molecule has 2 aromatic rings. The minimum Gasteiger partial charge on any atom is -0.358 e. The maximum Gasteiger partial charge on any atom is 0.253 e. The molecule has 0 spiro atoms. The molecule has 0 saturated heterocycles. The summed E-state index contributed by atoms with van der Waals surface area (Å²) in [5, 5.41) is 3.91. The first-order valence-electron chi connectivity index (χ1n) is 4.84. The SMILES string of the molecule is O=C1NCCc2[nH]c3ccc(I)cc3c21. The van der Waals surface area contributed by atoms with Crippen molar-refractivity contribution in [1.82, 2.24) is 10.3 Å². The number of aromatic amines is 1. The Balaban J connectivity index is 2.38. The molecule has 1 aromatic heterocycles. The summed E-state index contributed by atoms with van der Waals surface area (Å²) in [7, 11) is 0. The summed E-state index contributed by atoms with van der Waals surface area (Å²) in [6.07, 6.45) is 0.895. The van der Waals surface area contributed by atoms with Crippen molar-refractivity contribution in [3.63, 3.8) is 0 Å².